The zero-order chi connectivity index (χ0) is 18.8. The van der Waals surface area contributed by atoms with E-state index in [4.69, 9.17) is 14.5 Å². The lowest BCUT2D eigenvalue weighted by Crippen LogP contribution is -2.40. The number of pyridine rings is 1. The predicted octanol–water partition coefficient (Wildman–Crippen LogP) is 3.43. The molecule has 0 N–H and O–H groups in total. The highest BCUT2D eigenvalue weighted by molar-refractivity contribution is 5.57. The highest BCUT2D eigenvalue weighted by Crippen LogP contribution is 2.31. The highest BCUT2D eigenvalue weighted by atomic mass is 16.6. The van der Waals surface area contributed by atoms with Crippen molar-refractivity contribution < 1.29 is 9.47 Å². The zero-order valence-electron chi connectivity index (χ0n) is 15.7. The summed E-state index contributed by atoms with van der Waals surface area (Å²) in [7, 11) is 2.01. The monoisotopic (exact) mass is 362 g/mol. The molecule has 0 radical (unpaired) electrons. The van der Waals surface area contributed by atoms with Gasteiger partial charge in [-0.25, -0.2) is 9.97 Å². The third kappa shape index (κ3) is 3.56. The van der Waals surface area contributed by atoms with Gasteiger partial charge >= 0.3 is 0 Å². The Morgan fingerprint density at radius 1 is 1.04 bits per heavy atom. The van der Waals surface area contributed by atoms with E-state index < -0.39 is 0 Å². The molecule has 3 aromatic rings. The summed E-state index contributed by atoms with van der Waals surface area (Å²) in [5.74, 6) is 3.09. The van der Waals surface area contributed by atoms with Crippen molar-refractivity contribution in [2.75, 3.05) is 25.1 Å². The summed E-state index contributed by atoms with van der Waals surface area (Å²) in [5, 5.41) is 0. The molecule has 0 spiro atoms. The SMILES string of the molecule is Cc1nc(-c2ccccn2)nc(N(C)CC2COc3ccccc3O2)c1C. The van der Waals surface area contributed by atoms with Gasteiger partial charge in [0.1, 0.15) is 18.1 Å². The van der Waals surface area contributed by atoms with Crippen LogP contribution in [0.3, 0.4) is 0 Å². The number of anilines is 1. The van der Waals surface area contributed by atoms with Crippen LogP contribution in [0.15, 0.2) is 48.7 Å². The Morgan fingerprint density at radius 3 is 2.59 bits per heavy atom. The molecule has 27 heavy (non-hydrogen) atoms. The largest absolute Gasteiger partial charge is 0.486 e. The minimum atomic E-state index is -0.0714. The minimum absolute atomic E-state index is 0.0714. The highest BCUT2D eigenvalue weighted by Gasteiger charge is 2.23. The number of rotatable bonds is 4. The van der Waals surface area contributed by atoms with Crippen molar-refractivity contribution in [3.05, 3.63) is 59.9 Å². The second-order valence-corrected chi connectivity index (χ2v) is 6.67. The number of fused-ring (bicyclic) bond motifs is 1. The van der Waals surface area contributed by atoms with Crippen molar-refractivity contribution in [3.8, 4) is 23.0 Å². The second-order valence-electron chi connectivity index (χ2n) is 6.67. The van der Waals surface area contributed by atoms with Gasteiger partial charge in [0.15, 0.2) is 23.4 Å². The molecule has 4 rings (SSSR count). The second kappa shape index (κ2) is 7.23. The van der Waals surface area contributed by atoms with Gasteiger partial charge in [-0.3, -0.25) is 4.98 Å². The quantitative estimate of drug-likeness (QED) is 0.709. The summed E-state index contributed by atoms with van der Waals surface area (Å²) < 4.78 is 11.9. The summed E-state index contributed by atoms with van der Waals surface area (Å²) in [6, 6.07) is 13.5. The molecule has 0 amide bonds. The summed E-state index contributed by atoms with van der Waals surface area (Å²) >= 11 is 0. The topological polar surface area (TPSA) is 60.4 Å². The average molecular weight is 362 g/mol. The number of ether oxygens (including phenoxy) is 2. The van der Waals surface area contributed by atoms with Crippen molar-refractivity contribution in [3.63, 3.8) is 0 Å². The lowest BCUT2D eigenvalue weighted by Gasteiger charge is -2.30. The van der Waals surface area contributed by atoms with E-state index >= 15 is 0 Å². The molecule has 1 aromatic carbocycles. The lowest BCUT2D eigenvalue weighted by atomic mass is 10.2. The van der Waals surface area contributed by atoms with Crippen molar-refractivity contribution in [2.45, 2.75) is 20.0 Å². The first-order chi connectivity index (χ1) is 13.1. The first kappa shape index (κ1) is 17.3. The van der Waals surface area contributed by atoms with Crippen LogP contribution in [0.5, 0.6) is 11.5 Å². The van der Waals surface area contributed by atoms with E-state index in [2.05, 4.69) is 14.9 Å². The van der Waals surface area contributed by atoms with Crippen molar-refractivity contribution in [2.24, 2.45) is 0 Å². The van der Waals surface area contributed by atoms with Gasteiger partial charge in [0.25, 0.3) is 0 Å². The summed E-state index contributed by atoms with van der Waals surface area (Å²) in [4.78, 5) is 15.8. The number of benzene rings is 1. The van der Waals surface area contributed by atoms with Crippen molar-refractivity contribution in [1.29, 1.82) is 0 Å². The van der Waals surface area contributed by atoms with Crippen LogP contribution in [-0.4, -0.2) is 41.3 Å². The van der Waals surface area contributed by atoms with E-state index in [9.17, 15) is 0 Å². The number of likely N-dealkylation sites (N-methyl/N-ethyl adjacent to an activating group) is 1. The number of nitrogens with zero attached hydrogens (tertiary/aromatic N) is 4. The average Bonchev–Trinajstić information content (AvgIpc) is 2.70. The summed E-state index contributed by atoms with van der Waals surface area (Å²) in [5.41, 5.74) is 2.76. The van der Waals surface area contributed by atoms with Gasteiger partial charge in [-0.2, -0.15) is 0 Å². The van der Waals surface area contributed by atoms with Gasteiger partial charge < -0.3 is 14.4 Å². The maximum Gasteiger partial charge on any atom is 0.180 e. The molecule has 0 saturated heterocycles. The Morgan fingerprint density at radius 2 is 1.81 bits per heavy atom. The van der Waals surface area contributed by atoms with E-state index in [0.29, 0.717) is 19.0 Å². The van der Waals surface area contributed by atoms with Gasteiger partial charge in [0.05, 0.1) is 6.54 Å². The van der Waals surface area contributed by atoms with Crippen molar-refractivity contribution in [1.82, 2.24) is 15.0 Å². The predicted molar refractivity (Wildman–Crippen MR) is 104 cm³/mol. The molecule has 2 aromatic heterocycles. The van der Waals surface area contributed by atoms with Crippen LogP contribution >= 0.6 is 0 Å². The molecule has 6 nitrogen and oxygen atoms in total. The molecule has 0 saturated carbocycles. The molecule has 1 atom stereocenters. The molecule has 0 bridgehead atoms. The third-order valence-electron chi connectivity index (χ3n) is 4.66. The third-order valence-corrected chi connectivity index (χ3v) is 4.66. The normalized spacial score (nSPS) is 15.4. The molecule has 3 heterocycles. The molecule has 1 aliphatic heterocycles. The lowest BCUT2D eigenvalue weighted by molar-refractivity contribution is 0.0959. The van der Waals surface area contributed by atoms with E-state index in [1.807, 2.05) is 63.4 Å². The number of aryl methyl sites for hydroxylation is 1. The summed E-state index contributed by atoms with van der Waals surface area (Å²) in [6.45, 7) is 5.21. The molecule has 1 aliphatic rings. The van der Waals surface area contributed by atoms with Gasteiger partial charge in [-0.05, 0) is 38.1 Å². The Balaban J connectivity index is 1.57. The van der Waals surface area contributed by atoms with Gasteiger partial charge in [0.2, 0.25) is 0 Å². The first-order valence-corrected chi connectivity index (χ1v) is 8.98. The van der Waals surface area contributed by atoms with Gasteiger partial charge in [0, 0.05) is 24.5 Å². The Kier molecular flexibility index (Phi) is 4.62. The maximum atomic E-state index is 6.09. The zero-order valence-corrected chi connectivity index (χ0v) is 15.7. The van der Waals surface area contributed by atoms with E-state index in [-0.39, 0.29) is 6.10 Å². The number of aromatic nitrogens is 3. The molecule has 0 fully saturated rings. The van der Waals surface area contributed by atoms with Crippen molar-refractivity contribution >= 4 is 5.82 Å². The molecule has 138 valence electrons. The van der Waals surface area contributed by atoms with E-state index in [1.54, 1.807) is 6.20 Å². The number of hydrogen-bond acceptors (Lipinski definition) is 6. The first-order valence-electron chi connectivity index (χ1n) is 8.98. The van der Waals surface area contributed by atoms with E-state index in [0.717, 1.165) is 34.3 Å². The van der Waals surface area contributed by atoms with Crippen LogP contribution in [0.25, 0.3) is 11.5 Å². The smallest absolute Gasteiger partial charge is 0.180 e. The molecular weight excluding hydrogens is 340 g/mol. The number of hydrogen-bond donors (Lipinski definition) is 0. The molecule has 6 heteroatoms. The minimum Gasteiger partial charge on any atom is -0.486 e. The van der Waals surface area contributed by atoms with Gasteiger partial charge in [-0.1, -0.05) is 18.2 Å². The van der Waals surface area contributed by atoms with Crippen LogP contribution in [0, 0.1) is 13.8 Å². The Labute approximate surface area is 158 Å². The maximum absolute atomic E-state index is 6.09. The van der Waals surface area contributed by atoms with Crippen LogP contribution < -0.4 is 14.4 Å². The fraction of sp³-hybridized carbons (Fsp3) is 0.286. The fourth-order valence-electron chi connectivity index (χ4n) is 3.14. The number of para-hydroxylation sites is 2. The van der Waals surface area contributed by atoms with Crippen LogP contribution in [0.4, 0.5) is 5.82 Å². The Bertz CT molecular complexity index is 946. The van der Waals surface area contributed by atoms with Crippen LogP contribution in [0.1, 0.15) is 11.3 Å². The Hall–Kier alpha value is -3.15. The van der Waals surface area contributed by atoms with Crippen LogP contribution in [0.2, 0.25) is 0 Å². The molecule has 0 aliphatic carbocycles. The fourth-order valence-corrected chi connectivity index (χ4v) is 3.14. The van der Waals surface area contributed by atoms with Gasteiger partial charge in [-0.15, -0.1) is 0 Å². The van der Waals surface area contributed by atoms with E-state index in [1.165, 1.54) is 0 Å². The van der Waals surface area contributed by atoms with Crippen LogP contribution in [-0.2, 0) is 0 Å². The molecule has 1 unspecified atom stereocenters. The summed E-state index contributed by atoms with van der Waals surface area (Å²) in [6.07, 6.45) is 1.68. The molecular formula is C21H22N4O2. The standard InChI is InChI=1S/C21H22N4O2/c1-14-15(2)23-20(17-8-6-7-11-22-17)24-21(14)25(3)12-16-13-26-18-9-4-5-10-19(18)27-16/h4-11,16H,12-13H2,1-3H3.